The molecule has 0 spiro atoms. The number of carbonyl (C=O) groups is 2. The van der Waals surface area contributed by atoms with Crippen molar-refractivity contribution >= 4 is 11.8 Å². The lowest BCUT2D eigenvalue weighted by molar-refractivity contribution is -0.161. The third kappa shape index (κ3) is 2.26. The highest BCUT2D eigenvalue weighted by Crippen LogP contribution is 2.36. The lowest BCUT2D eigenvalue weighted by Gasteiger charge is -2.45. The largest absolute Gasteiger partial charge is 0.508 e. The van der Waals surface area contributed by atoms with E-state index in [1.807, 2.05) is 20.8 Å². The highest BCUT2D eigenvalue weighted by molar-refractivity contribution is 6.12. The molecule has 1 aromatic rings. The molecule has 5 nitrogen and oxygen atoms in total. The van der Waals surface area contributed by atoms with E-state index in [9.17, 15) is 14.7 Å². The van der Waals surface area contributed by atoms with Crippen LogP contribution in [0.3, 0.4) is 0 Å². The summed E-state index contributed by atoms with van der Waals surface area (Å²) in [7, 11) is 0. The van der Waals surface area contributed by atoms with Crippen LogP contribution in [0, 0.1) is 0 Å². The number of carbonyl (C=O) groups excluding carboxylic acids is 2. The first kappa shape index (κ1) is 15.4. The summed E-state index contributed by atoms with van der Waals surface area (Å²) in [5.41, 5.74) is -0.521. The van der Waals surface area contributed by atoms with E-state index >= 15 is 0 Å². The average Bonchev–Trinajstić information content (AvgIpc) is 2.50. The first-order valence-corrected chi connectivity index (χ1v) is 7.39. The second-order valence-electron chi connectivity index (χ2n) is 5.27. The predicted octanol–water partition coefficient (Wildman–Crippen LogP) is 1.71. The Morgan fingerprint density at radius 2 is 1.48 bits per heavy atom. The molecular formula is C16H22N2O3. The van der Waals surface area contributed by atoms with Gasteiger partial charge in [-0.15, -0.1) is 0 Å². The number of aromatic hydroxyl groups is 1. The summed E-state index contributed by atoms with van der Waals surface area (Å²) >= 11 is 0. The van der Waals surface area contributed by atoms with E-state index < -0.39 is 5.41 Å². The van der Waals surface area contributed by atoms with Gasteiger partial charge in [-0.2, -0.15) is 0 Å². The van der Waals surface area contributed by atoms with Crippen molar-refractivity contribution in [3.63, 3.8) is 0 Å². The number of nitrogens with zero attached hydrogens (tertiary/aromatic N) is 2. The summed E-state index contributed by atoms with van der Waals surface area (Å²) in [5.74, 6) is -0.166. The van der Waals surface area contributed by atoms with Gasteiger partial charge in [0.1, 0.15) is 5.75 Å². The molecule has 21 heavy (non-hydrogen) atoms. The van der Waals surface area contributed by atoms with Crippen LogP contribution < -0.4 is 0 Å². The monoisotopic (exact) mass is 290 g/mol. The Hall–Kier alpha value is -2.04. The van der Waals surface area contributed by atoms with Gasteiger partial charge in [0.2, 0.25) is 11.8 Å². The van der Waals surface area contributed by atoms with Gasteiger partial charge in [0, 0.05) is 13.1 Å². The molecule has 1 heterocycles. The van der Waals surface area contributed by atoms with Gasteiger partial charge in [0.05, 0.1) is 6.67 Å². The lowest BCUT2D eigenvalue weighted by Crippen LogP contribution is -2.64. The molecule has 0 aromatic heterocycles. The molecule has 2 rings (SSSR count). The number of amides is 2. The molecule has 114 valence electrons. The molecule has 1 fully saturated rings. The van der Waals surface area contributed by atoms with Crippen molar-refractivity contribution in [3.8, 4) is 5.75 Å². The molecule has 0 saturated carbocycles. The van der Waals surface area contributed by atoms with Crippen LogP contribution in [0.1, 0.15) is 32.8 Å². The fourth-order valence-electron chi connectivity index (χ4n) is 2.95. The highest BCUT2D eigenvalue weighted by atomic mass is 16.3. The number of rotatable bonds is 4. The number of hydrogen-bond acceptors (Lipinski definition) is 3. The summed E-state index contributed by atoms with van der Waals surface area (Å²) in [4.78, 5) is 29.2. The molecule has 0 radical (unpaired) electrons. The van der Waals surface area contributed by atoms with Crippen LogP contribution in [-0.4, -0.2) is 46.5 Å². The van der Waals surface area contributed by atoms with E-state index in [0.717, 1.165) is 0 Å². The van der Waals surface area contributed by atoms with Crippen LogP contribution >= 0.6 is 0 Å². The van der Waals surface area contributed by atoms with E-state index in [4.69, 9.17) is 0 Å². The molecule has 0 aliphatic carbocycles. The molecule has 1 aromatic carbocycles. The van der Waals surface area contributed by atoms with Crippen molar-refractivity contribution < 1.29 is 14.7 Å². The number of hydrogen-bond donors (Lipinski definition) is 1. The zero-order valence-corrected chi connectivity index (χ0v) is 12.8. The second kappa shape index (κ2) is 5.76. The quantitative estimate of drug-likeness (QED) is 0.859. The van der Waals surface area contributed by atoms with Crippen LogP contribution in [0.2, 0.25) is 0 Å². The van der Waals surface area contributed by atoms with Gasteiger partial charge < -0.3 is 14.9 Å². The van der Waals surface area contributed by atoms with Crippen molar-refractivity contribution in [2.24, 2.45) is 0 Å². The minimum Gasteiger partial charge on any atom is -0.508 e. The standard InChI is InChI=1S/C16H22N2O3/c1-4-16(12-7-9-13(19)10-8-12)14(20)17(5-2)11-18(6-3)15(16)21/h7-10,19H,4-6,11H2,1-3H3. The fourth-order valence-corrected chi connectivity index (χ4v) is 2.95. The van der Waals surface area contributed by atoms with Crippen molar-refractivity contribution in [2.75, 3.05) is 19.8 Å². The first-order chi connectivity index (χ1) is 10.0. The summed E-state index contributed by atoms with van der Waals surface area (Å²) in [6.45, 7) is 7.18. The molecule has 1 saturated heterocycles. The Labute approximate surface area is 125 Å². The van der Waals surface area contributed by atoms with E-state index in [1.165, 1.54) is 12.1 Å². The number of likely N-dealkylation sites (N-methyl/N-ethyl adjacent to an activating group) is 2. The van der Waals surface area contributed by atoms with E-state index in [1.54, 1.807) is 21.9 Å². The van der Waals surface area contributed by atoms with Crippen LogP contribution in [-0.2, 0) is 15.0 Å². The third-order valence-electron chi connectivity index (χ3n) is 4.30. The van der Waals surface area contributed by atoms with Gasteiger partial charge >= 0.3 is 0 Å². The number of phenolic OH excluding ortho intramolecular Hbond substituents is 1. The second-order valence-corrected chi connectivity index (χ2v) is 5.27. The maximum Gasteiger partial charge on any atom is 0.244 e. The minimum absolute atomic E-state index is 0.125. The molecule has 1 aliphatic heterocycles. The van der Waals surface area contributed by atoms with Gasteiger partial charge in [-0.1, -0.05) is 19.1 Å². The van der Waals surface area contributed by atoms with E-state index in [-0.39, 0.29) is 17.6 Å². The zero-order valence-electron chi connectivity index (χ0n) is 12.8. The minimum atomic E-state index is -1.17. The molecular weight excluding hydrogens is 268 g/mol. The van der Waals surface area contributed by atoms with Crippen LogP contribution in [0.15, 0.2) is 24.3 Å². The van der Waals surface area contributed by atoms with E-state index in [0.29, 0.717) is 31.7 Å². The number of benzene rings is 1. The maximum atomic E-state index is 12.9. The predicted molar refractivity (Wildman–Crippen MR) is 79.7 cm³/mol. The Bertz CT molecular complexity index is 517. The molecule has 1 N–H and O–H groups in total. The first-order valence-electron chi connectivity index (χ1n) is 7.39. The van der Waals surface area contributed by atoms with Crippen LogP contribution in [0.5, 0.6) is 5.75 Å². The average molecular weight is 290 g/mol. The highest BCUT2D eigenvalue weighted by Gasteiger charge is 2.53. The maximum absolute atomic E-state index is 12.9. The van der Waals surface area contributed by atoms with Crippen molar-refractivity contribution in [1.29, 1.82) is 0 Å². The zero-order chi connectivity index (χ0) is 15.6. The van der Waals surface area contributed by atoms with E-state index in [2.05, 4.69) is 0 Å². The van der Waals surface area contributed by atoms with Gasteiger partial charge in [-0.3, -0.25) is 9.59 Å². The Morgan fingerprint density at radius 1 is 1.00 bits per heavy atom. The van der Waals surface area contributed by atoms with Crippen LogP contribution in [0.25, 0.3) is 0 Å². The molecule has 0 bridgehead atoms. The summed E-state index contributed by atoms with van der Waals surface area (Å²) in [5, 5.41) is 9.45. The normalized spacial score (nSPS) is 18.2. The Kier molecular flexibility index (Phi) is 4.21. The SMILES string of the molecule is CCN1CN(CC)C(=O)C(CC)(c2ccc(O)cc2)C1=O. The Morgan fingerprint density at radius 3 is 1.86 bits per heavy atom. The Balaban J connectivity index is 2.57. The third-order valence-corrected chi connectivity index (χ3v) is 4.30. The number of phenols is 1. The smallest absolute Gasteiger partial charge is 0.244 e. The van der Waals surface area contributed by atoms with Crippen molar-refractivity contribution in [2.45, 2.75) is 32.6 Å². The summed E-state index contributed by atoms with van der Waals surface area (Å²) < 4.78 is 0. The molecule has 0 atom stereocenters. The molecule has 0 unspecified atom stereocenters. The van der Waals surface area contributed by atoms with Crippen LogP contribution in [0.4, 0.5) is 0 Å². The summed E-state index contributed by atoms with van der Waals surface area (Å²) in [6, 6.07) is 6.38. The molecule has 1 aliphatic rings. The van der Waals surface area contributed by atoms with Gasteiger partial charge in [0.15, 0.2) is 5.41 Å². The van der Waals surface area contributed by atoms with Gasteiger partial charge in [-0.05, 0) is 38.0 Å². The molecule has 5 heteroatoms. The van der Waals surface area contributed by atoms with Crippen molar-refractivity contribution in [1.82, 2.24) is 9.80 Å². The van der Waals surface area contributed by atoms with Gasteiger partial charge in [0.25, 0.3) is 0 Å². The van der Waals surface area contributed by atoms with Crippen molar-refractivity contribution in [3.05, 3.63) is 29.8 Å². The lowest BCUT2D eigenvalue weighted by atomic mass is 9.74. The fraction of sp³-hybridized carbons (Fsp3) is 0.500. The topological polar surface area (TPSA) is 60.9 Å². The van der Waals surface area contributed by atoms with Gasteiger partial charge in [-0.25, -0.2) is 0 Å². The molecule has 2 amide bonds. The summed E-state index contributed by atoms with van der Waals surface area (Å²) in [6.07, 6.45) is 0.405.